The van der Waals surface area contributed by atoms with E-state index < -0.39 is 19.8 Å². The Kier molecular flexibility index (Phi) is 4.29. The molecule has 0 rings (SSSR count). The van der Waals surface area contributed by atoms with Gasteiger partial charge in [-0.05, 0) is 6.92 Å². The summed E-state index contributed by atoms with van der Waals surface area (Å²) in [6.45, 7) is 4.43. The molecule has 1 atom stereocenters. The second-order valence-electron chi connectivity index (χ2n) is 2.19. The molecule has 0 heterocycles. The lowest BCUT2D eigenvalue weighted by atomic mass is 10.4. The predicted octanol–water partition coefficient (Wildman–Crippen LogP) is -0.194. The lowest BCUT2D eigenvalue weighted by Gasteiger charge is -2.10. The van der Waals surface area contributed by atoms with Gasteiger partial charge in [0.2, 0.25) is 0 Å². The zero-order valence-corrected chi connectivity index (χ0v) is 8.11. The first-order valence-electron chi connectivity index (χ1n) is 3.21. The monoisotopic (exact) mass is 224 g/mol. The normalized spacial score (nSPS) is 13.9. The fourth-order valence-electron chi connectivity index (χ4n) is 0.304. The van der Waals surface area contributed by atoms with Crippen molar-refractivity contribution in [2.75, 3.05) is 0 Å². The van der Waals surface area contributed by atoms with Gasteiger partial charge in [-0.3, -0.25) is 4.89 Å². The van der Waals surface area contributed by atoms with Crippen molar-refractivity contribution in [2.45, 2.75) is 6.92 Å². The van der Waals surface area contributed by atoms with Gasteiger partial charge < -0.3 is 10.3 Å². The summed E-state index contributed by atoms with van der Waals surface area (Å²) >= 11 is 0. The maximum Gasteiger partial charge on any atom is 0.551 e. The number of carbonyl (C=O) groups is 2. The number of hydroxylamine groups is 1. The molecule has 8 nitrogen and oxygen atoms in total. The molecule has 0 aliphatic heterocycles. The first-order chi connectivity index (χ1) is 6.24. The molecule has 0 aromatic heterocycles. The first kappa shape index (κ1) is 12.6. The van der Waals surface area contributed by atoms with Crippen LogP contribution in [0.1, 0.15) is 6.92 Å². The predicted molar refractivity (Wildman–Crippen MR) is 44.5 cm³/mol. The third-order valence-corrected chi connectivity index (χ3v) is 1.53. The van der Waals surface area contributed by atoms with Crippen LogP contribution in [0.15, 0.2) is 12.2 Å². The first-order valence-corrected chi connectivity index (χ1v) is 4.70. The Morgan fingerprint density at radius 1 is 1.57 bits per heavy atom. The number of carbonyl (C=O) groups excluding carboxylic acids is 2. The van der Waals surface area contributed by atoms with Crippen molar-refractivity contribution < 1.29 is 28.2 Å². The van der Waals surface area contributed by atoms with Gasteiger partial charge in [0.1, 0.15) is 0 Å². The Hall–Kier alpha value is -1.37. The number of urea groups is 1. The minimum atomic E-state index is -4.68. The number of hydrogen-bond donors (Lipinski definition) is 3. The summed E-state index contributed by atoms with van der Waals surface area (Å²) in [4.78, 5) is 29.5. The van der Waals surface area contributed by atoms with Crippen molar-refractivity contribution in [3.63, 3.8) is 0 Å². The summed E-state index contributed by atoms with van der Waals surface area (Å²) in [5.74, 6) is -1.12. The lowest BCUT2D eigenvalue weighted by molar-refractivity contribution is -0.131. The Labute approximate surface area is 79.2 Å². The molecule has 0 saturated carbocycles. The van der Waals surface area contributed by atoms with Crippen molar-refractivity contribution >= 4 is 19.8 Å². The number of phosphoric acid groups is 1. The van der Waals surface area contributed by atoms with Crippen molar-refractivity contribution in [3.05, 3.63) is 12.2 Å². The van der Waals surface area contributed by atoms with E-state index in [0.29, 0.717) is 0 Å². The maximum absolute atomic E-state index is 10.8. The van der Waals surface area contributed by atoms with Crippen molar-refractivity contribution in [3.8, 4) is 0 Å². The van der Waals surface area contributed by atoms with Crippen LogP contribution in [0.2, 0.25) is 0 Å². The minimum absolute atomic E-state index is 0.0954. The summed E-state index contributed by atoms with van der Waals surface area (Å²) in [5, 5.41) is 0. The fourth-order valence-corrected chi connectivity index (χ4v) is 0.912. The van der Waals surface area contributed by atoms with Gasteiger partial charge in [0.05, 0.1) is 0 Å². The minimum Gasteiger partial charge on any atom is -0.366 e. The Balaban J connectivity index is 4.21. The van der Waals surface area contributed by atoms with Crippen LogP contribution in [0.5, 0.6) is 0 Å². The number of nitrogens with two attached hydrogens (primary N) is 1. The van der Waals surface area contributed by atoms with Crippen LogP contribution in [-0.4, -0.2) is 16.9 Å². The number of rotatable bonds is 4. The highest BCUT2D eigenvalue weighted by molar-refractivity contribution is 7.48. The Morgan fingerprint density at radius 2 is 2.07 bits per heavy atom. The number of hydrogen-bond acceptors (Lipinski definition) is 5. The maximum atomic E-state index is 10.8. The molecule has 0 spiro atoms. The van der Waals surface area contributed by atoms with Crippen LogP contribution < -0.4 is 11.2 Å². The van der Waals surface area contributed by atoms with E-state index in [-0.39, 0.29) is 5.57 Å². The molecule has 0 saturated heterocycles. The van der Waals surface area contributed by atoms with Gasteiger partial charge in [0, 0.05) is 5.57 Å². The molecule has 2 amide bonds. The highest BCUT2D eigenvalue weighted by Gasteiger charge is 2.27. The number of amides is 2. The molecule has 1 unspecified atom stereocenters. The Morgan fingerprint density at radius 3 is 2.43 bits per heavy atom. The van der Waals surface area contributed by atoms with E-state index in [1.165, 1.54) is 12.4 Å². The summed E-state index contributed by atoms with van der Waals surface area (Å²) in [6, 6.07) is -1.20. The van der Waals surface area contributed by atoms with Gasteiger partial charge in [0.15, 0.2) is 0 Å². The highest BCUT2D eigenvalue weighted by Crippen LogP contribution is 2.42. The summed E-state index contributed by atoms with van der Waals surface area (Å²) < 4.78 is 18.6. The molecule has 0 aliphatic carbocycles. The van der Waals surface area contributed by atoms with Crippen molar-refractivity contribution in [1.29, 1.82) is 0 Å². The standard InChI is InChI=1S/C5H9N2O6P/c1-3(2)4(8)12-14(10,11)13-7-5(6)9/h1H2,2H3,(H,10,11)(H3,6,7,9). The summed E-state index contributed by atoms with van der Waals surface area (Å²) in [5.41, 5.74) is 5.78. The summed E-state index contributed by atoms with van der Waals surface area (Å²) in [7, 11) is -4.68. The molecule has 0 bridgehead atoms. The molecule has 0 aromatic rings. The van der Waals surface area contributed by atoms with Crippen LogP contribution in [0.4, 0.5) is 4.79 Å². The molecule has 0 aromatic carbocycles. The molecule has 14 heavy (non-hydrogen) atoms. The van der Waals surface area contributed by atoms with Gasteiger partial charge in [-0.15, -0.1) is 0 Å². The molecule has 0 aliphatic rings. The SMILES string of the molecule is C=C(C)C(=O)OP(=O)(O)ONC(N)=O. The van der Waals surface area contributed by atoms with E-state index in [4.69, 9.17) is 4.89 Å². The van der Waals surface area contributed by atoms with Crippen molar-refractivity contribution in [1.82, 2.24) is 5.48 Å². The lowest BCUT2D eigenvalue weighted by Crippen LogP contribution is -2.29. The van der Waals surface area contributed by atoms with Crippen LogP contribution in [-0.2, 0) is 18.5 Å². The van der Waals surface area contributed by atoms with E-state index in [1.807, 2.05) is 0 Å². The van der Waals surface area contributed by atoms with E-state index in [1.54, 1.807) is 0 Å². The third kappa shape index (κ3) is 5.31. The molecule has 0 fully saturated rings. The van der Waals surface area contributed by atoms with Gasteiger partial charge in [-0.25, -0.2) is 19.6 Å². The van der Waals surface area contributed by atoms with E-state index >= 15 is 0 Å². The van der Waals surface area contributed by atoms with E-state index in [9.17, 15) is 14.2 Å². The van der Waals surface area contributed by atoms with E-state index in [2.05, 4.69) is 21.5 Å². The third-order valence-electron chi connectivity index (χ3n) is 0.808. The van der Waals surface area contributed by atoms with Crippen LogP contribution in [0.25, 0.3) is 0 Å². The van der Waals surface area contributed by atoms with Crippen molar-refractivity contribution in [2.24, 2.45) is 5.73 Å². The zero-order chi connectivity index (χ0) is 11.4. The molecule has 4 N–H and O–H groups in total. The summed E-state index contributed by atoms with van der Waals surface area (Å²) in [6.07, 6.45) is 0. The quantitative estimate of drug-likeness (QED) is 0.344. The number of phosphoric ester groups is 1. The smallest absolute Gasteiger partial charge is 0.366 e. The fraction of sp³-hybridized carbons (Fsp3) is 0.200. The molecule has 80 valence electrons. The average Bonchev–Trinajstić information content (AvgIpc) is 2.00. The topological polar surface area (TPSA) is 128 Å². The van der Waals surface area contributed by atoms with Crippen LogP contribution in [0, 0.1) is 0 Å². The molecular formula is C5H9N2O6P. The van der Waals surface area contributed by atoms with Gasteiger partial charge in [0.25, 0.3) is 0 Å². The van der Waals surface area contributed by atoms with E-state index in [0.717, 1.165) is 0 Å². The zero-order valence-electron chi connectivity index (χ0n) is 7.22. The molecular weight excluding hydrogens is 215 g/mol. The van der Waals surface area contributed by atoms with Gasteiger partial charge >= 0.3 is 19.8 Å². The Bertz CT molecular complexity index is 313. The number of nitrogens with one attached hydrogen (secondary N) is 1. The second-order valence-corrected chi connectivity index (χ2v) is 3.49. The second kappa shape index (κ2) is 4.75. The number of primary amides is 1. The highest BCUT2D eigenvalue weighted by atomic mass is 31.2. The molecule has 0 radical (unpaired) electrons. The van der Waals surface area contributed by atoms with Gasteiger partial charge in [-0.2, -0.15) is 4.62 Å². The average molecular weight is 224 g/mol. The largest absolute Gasteiger partial charge is 0.551 e. The van der Waals surface area contributed by atoms with Gasteiger partial charge in [-0.1, -0.05) is 6.58 Å². The molecule has 9 heteroatoms. The van der Waals surface area contributed by atoms with Crippen LogP contribution in [0.3, 0.4) is 0 Å². The van der Waals surface area contributed by atoms with Crippen LogP contribution >= 0.6 is 7.82 Å².